The van der Waals surface area contributed by atoms with Gasteiger partial charge in [-0.2, -0.15) is 0 Å². The summed E-state index contributed by atoms with van der Waals surface area (Å²) in [6, 6.07) is 6.46. The van der Waals surface area contributed by atoms with Gasteiger partial charge in [-0.25, -0.2) is 0 Å². The van der Waals surface area contributed by atoms with E-state index in [-0.39, 0.29) is 5.41 Å². The molecule has 2 fully saturated rings. The van der Waals surface area contributed by atoms with Crippen LogP contribution >= 0.6 is 0 Å². The fraction of sp³-hybridized carbons (Fsp3) is 0.708. The molecule has 2 heterocycles. The predicted octanol–water partition coefficient (Wildman–Crippen LogP) is 2.33. The largest absolute Gasteiger partial charge is 0.496 e. The number of hydrogen-bond acceptors (Lipinski definition) is 5. The van der Waals surface area contributed by atoms with Crippen LogP contribution in [0.1, 0.15) is 37.3 Å². The minimum atomic E-state index is -0.0637. The predicted molar refractivity (Wildman–Crippen MR) is 125 cm³/mol. The molecule has 0 aliphatic carbocycles. The Balaban J connectivity index is 1.66. The maximum absolute atomic E-state index is 5.74. The number of nitrogens with one attached hydrogen (secondary N) is 2. The van der Waals surface area contributed by atoms with E-state index in [9.17, 15) is 0 Å². The minimum absolute atomic E-state index is 0.0637. The second kappa shape index (κ2) is 12.3. The molecule has 0 unspecified atom stereocenters. The normalized spacial score (nSPS) is 19.8. The molecule has 2 N–H and O–H groups in total. The van der Waals surface area contributed by atoms with Crippen molar-refractivity contribution in [1.29, 1.82) is 0 Å². The number of aliphatic imine (C=N–C) groups is 1. The van der Waals surface area contributed by atoms with Crippen LogP contribution in [0.3, 0.4) is 0 Å². The zero-order valence-corrected chi connectivity index (χ0v) is 19.5. The summed E-state index contributed by atoms with van der Waals surface area (Å²) in [5.41, 5.74) is 2.44. The number of rotatable bonds is 9. The van der Waals surface area contributed by atoms with E-state index >= 15 is 0 Å². The van der Waals surface area contributed by atoms with Gasteiger partial charge in [0.15, 0.2) is 5.96 Å². The summed E-state index contributed by atoms with van der Waals surface area (Å²) >= 11 is 0. The van der Waals surface area contributed by atoms with E-state index in [0.717, 1.165) is 96.7 Å². The molecule has 0 spiro atoms. The van der Waals surface area contributed by atoms with Crippen LogP contribution in [0.4, 0.5) is 0 Å². The lowest BCUT2D eigenvalue weighted by atomic mass is 9.73. The standard InChI is InChI=1S/C24H40N4O3/c1-4-25-23(26-10-5-11-28-12-16-31-17-13-28)27-19-24(8-14-30-15-9-24)21-18-20(2)6-7-22(21)29-3/h6-7,18H,4-5,8-17,19H2,1-3H3,(H2,25,26,27). The van der Waals surface area contributed by atoms with Gasteiger partial charge in [-0.05, 0) is 45.7 Å². The Kier molecular flexibility index (Phi) is 9.43. The number of nitrogens with zero attached hydrogens (tertiary/aromatic N) is 2. The molecule has 3 rings (SSSR count). The third-order valence-electron chi connectivity index (χ3n) is 6.31. The van der Waals surface area contributed by atoms with Crippen LogP contribution < -0.4 is 15.4 Å². The zero-order valence-electron chi connectivity index (χ0n) is 19.5. The van der Waals surface area contributed by atoms with Gasteiger partial charge >= 0.3 is 0 Å². The molecule has 2 aliphatic rings. The second-order valence-electron chi connectivity index (χ2n) is 8.53. The van der Waals surface area contributed by atoms with Crippen molar-refractivity contribution in [3.63, 3.8) is 0 Å². The van der Waals surface area contributed by atoms with Gasteiger partial charge < -0.3 is 24.8 Å². The molecule has 2 aliphatic heterocycles. The fourth-order valence-corrected chi connectivity index (χ4v) is 4.42. The molecule has 7 nitrogen and oxygen atoms in total. The summed E-state index contributed by atoms with van der Waals surface area (Å²) in [6.07, 6.45) is 2.99. The summed E-state index contributed by atoms with van der Waals surface area (Å²) in [7, 11) is 1.75. The first-order valence-electron chi connectivity index (χ1n) is 11.7. The molecule has 31 heavy (non-hydrogen) atoms. The van der Waals surface area contributed by atoms with Gasteiger partial charge in [0, 0.05) is 50.4 Å². The first-order chi connectivity index (χ1) is 15.2. The van der Waals surface area contributed by atoms with Crippen molar-refractivity contribution < 1.29 is 14.2 Å². The van der Waals surface area contributed by atoms with Gasteiger partial charge in [-0.1, -0.05) is 17.7 Å². The highest BCUT2D eigenvalue weighted by molar-refractivity contribution is 5.79. The molecular weight excluding hydrogens is 392 g/mol. The minimum Gasteiger partial charge on any atom is -0.496 e. The Morgan fingerprint density at radius 3 is 2.58 bits per heavy atom. The Morgan fingerprint density at radius 2 is 1.87 bits per heavy atom. The quantitative estimate of drug-likeness (QED) is 0.355. The average molecular weight is 433 g/mol. The first kappa shape index (κ1) is 23.8. The molecule has 0 bridgehead atoms. The number of benzene rings is 1. The number of aryl methyl sites for hydroxylation is 1. The molecule has 0 radical (unpaired) electrons. The number of hydrogen-bond donors (Lipinski definition) is 2. The number of methoxy groups -OCH3 is 1. The fourth-order valence-electron chi connectivity index (χ4n) is 4.42. The summed E-state index contributed by atoms with van der Waals surface area (Å²) in [4.78, 5) is 7.49. The maximum atomic E-state index is 5.74. The van der Waals surface area contributed by atoms with Gasteiger partial charge in [-0.15, -0.1) is 0 Å². The van der Waals surface area contributed by atoms with Gasteiger partial charge in [0.1, 0.15) is 5.75 Å². The highest BCUT2D eigenvalue weighted by Crippen LogP contribution is 2.40. The van der Waals surface area contributed by atoms with E-state index in [1.165, 1.54) is 11.1 Å². The van der Waals surface area contributed by atoms with Crippen molar-refractivity contribution in [3.8, 4) is 5.75 Å². The maximum Gasteiger partial charge on any atom is 0.191 e. The SMILES string of the molecule is CCNC(=NCC1(c2cc(C)ccc2OC)CCOCC1)NCCCN1CCOCC1. The van der Waals surface area contributed by atoms with E-state index in [1.807, 2.05) is 0 Å². The third kappa shape index (κ3) is 6.82. The van der Waals surface area contributed by atoms with Crippen molar-refractivity contribution >= 4 is 5.96 Å². The van der Waals surface area contributed by atoms with Crippen molar-refractivity contribution in [3.05, 3.63) is 29.3 Å². The Labute approximate surface area is 187 Å². The van der Waals surface area contributed by atoms with Crippen LogP contribution in [0.5, 0.6) is 5.75 Å². The molecule has 2 saturated heterocycles. The van der Waals surface area contributed by atoms with E-state index in [2.05, 4.69) is 47.6 Å². The number of ether oxygens (including phenoxy) is 3. The van der Waals surface area contributed by atoms with E-state index in [4.69, 9.17) is 19.2 Å². The number of guanidine groups is 1. The van der Waals surface area contributed by atoms with Gasteiger partial charge in [0.05, 0.1) is 26.9 Å². The molecule has 0 amide bonds. The Hall–Kier alpha value is -1.83. The lowest BCUT2D eigenvalue weighted by Gasteiger charge is -2.37. The summed E-state index contributed by atoms with van der Waals surface area (Å²) in [5, 5.41) is 6.94. The summed E-state index contributed by atoms with van der Waals surface area (Å²) in [5.74, 6) is 1.84. The van der Waals surface area contributed by atoms with Gasteiger partial charge in [0.25, 0.3) is 0 Å². The van der Waals surface area contributed by atoms with Crippen LogP contribution in [-0.4, -0.2) is 83.7 Å². The molecule has 0 atom stereocenters. The van der Waals surface area contributed by atoms with E-state index in [0.29, 0.717) is 0 Å². The van der Waals surface area contributed by atoms with E-state index < -0.39 is 0 Å². The summed E-state index contributed by atoms with van der Waals surface area (Å²) < 4.78 is 16.9. The zero-order chi connectivity index (χ0) is 21.9. The average Bonchev–Trinajstić information content (AvgIpc) is 2.81. The molecule has 7 heteroatoms. The second-order valence-corrected chi connectivity index (χ2v) is 8.53. The Bertz CT molecular complexity index is 698. The first-order valence-corrected chi connectivity index (χ1v) is 11.7. The molecular formula is C24H40N4O3. The van der Waals surface area contributed by atoms with Crippen LogP contribution in [-0.2, 0) is 14.9 Å². The monoisotopic (exact) mass is 432 g/mol. The van der Waals surface area contributed by atoms with Crippen molar-refractivity contribution in [2.24, 2.45) is 4.99 Å². The van der Waals surface area contributed by atoms with Crippen LogP contribution in [0, 0.1) is 6.92 Å². The van der Waals surface area contributed by atoms with Gasteiger partial charge in [-0.3, -0.25) is 9.89 Å². The smallest absolute Gasteiger partial charge is 0.191 e. The highest BCUT2D eigenvalue weighted by atomic mass is 16.5. The van der Waals surface area contributed by atoms with Crippen molar-refractivity contribution in [1.82, 2.24) is 15.5 Å². The summed E-state index contributed by atoms with van der Waals surface area (Å²) in [6.45, 7) is 13.1. The molecule has 0 aromatic heterocycles. The Morgan fingerprint density at radius 1 is 1.13 bits per heavy atom. The van der Waals surface area contributed by atoms with Gasteiger partial charge in [0.2, 0.25) is 0 Å². The highest BCUT2D eigenvalue weighted by Gasteiger charge is 2.37. The van der Waals surface area contributed by atoms with Crippen LogP contribution in [0.15, 0.2) is 23.2 Å². The third-order valence-corrected chi connectivity index (χ3v) is 6.31. The van der Waals surface area contributed by atoms with Crippen LogP contribution in [0.2, 0.25) is 0 Å². The van der Waals surface area contributed by atoms with Crippen LogP contribution in [0.25, 0.3) is 0 Å². The van der Waals surface area contributed by atoms with Crippen molar-refractivity contribution in [2.75, 3.05) is 72.8 Å². The molecule has 174 valence electrons. The van der Waals surface area contributed by atoms with E-state index in [1.54, 1.807) is 7.11 Å². The topological polar surface area (TPSA) is 67.4 Å². The van der Waals surface area contributed by atoms with Crippen molar-refractivity contribution in [2.45, 2.75) is 38.5 Å². The lowest BCUT2D eigenvalue weighted by Crippen LogP contribution is -2.42. The number of morpholine rings is 1. The molecule has 1 aromatic rings. The molecule has 0 saturated carbocycles. The lowest BCUT2D eigenvalue weighted by molar-refractivity contribution is 0.0376. The molecule has 1 aromatic carbocycles.